The highest BCUT2D eigenvalue weighted by Gasteiger charge is 2.25. The predicted octanol–water partition coefficient (Wildman–Crippen LogP) is 3.30. The predicted molar refractivity (Wildman–Crippen MR) is 96.5 cm³/mol. The summed E-state index contributed by atoms with van der Waals surface area (Å²) in [4.78, 5) is 21.0. The molecular formula is C20H19N3O2. The van der Waals surface area contributed by atoms with Crippen LogP contribution in [0.25, 0.3) is 11.5 Å². The Kier molecular flexibility index (Phi) is 4.21. The van der Waals surface area contributed by atoms with Gasteiger partial charge in [0.05, 0.1) is 6.20 Å². The average molecular weight is 333 g/mol. The topological polar surface area (TPSA) is 49.6 Å². The molecule has 0 unspecified atom stereocenters. The standard InChI is InChI=1S/C20H19N3O2/c24-20(18-15-21-19(25-18)16-7-3-1-4-8-16)23-13-11-22(12-14-23)17-9-5-2-6-10-17/h1-10,15H,11-14H2. The number of nitrogens with zero attached hydrogens (tertiary/aromatic N) is 3. The normalized spacial score (nSPS) is 14.6. The lowest BCUT2D eigenvalue weighted by atomic mass is 10.2. The summed E-state index contributed by atoms with van der Waals surface area (Å²) in [7, 11) is 0. The number of rotatable bonds is 3. The van der Waals surface area contributed by atoms with Crippen molar-refractivity contribution in [3.05, 3.63) is 72.6 Å². The lowest BCUT2D eigenvalue weighted by Crippen LogP contribution is -2.48. The molecule has 25 heavy (non-hydrogen) atoms. The number of piperazine rings is 1. The van der Waals surface area contributed by atoms with E-state index >= 15 is 0 Å². The smallest absolute Gasteiger partial charge is 0.291 e. The number of carbonyl (C=O) groups excluding carboxylic acids is 1. The van der Waals surface area contributed by atoms with E-state index in [9.17, 15) is 4.79 Å². The third-order valence-corrected chi connectivity index (χ3v) is 4.43. The van der Waals surface area contributed by atoms with Crippen molar-refractivity contribution in [3.63, 3.8) is 0 Å². The molecule has 1 amide bonds. The Morgan fingerprint density at radius 3 is 2.20 bits per heavy atom. The van der Waals surface area contributed by atoms with Gasteiger partial charge in [0, 0.05) is 37.4 Å². The monoisotopic (exact) mass is 333 g/mol. The summed E-state index contributed by atoms with van der Waals surface area (Å²) in [6.07, 6.45) is 1.52. The Hall–Kier alpha value is -3.08. The van der Waals surface area contributed by atoms with Crippen molar-refractivity contribution in [3.8, 4) is 11.5 Å². The zero-order valence-corrected chi connectivity index (χ0v) is 13.8. The van der Waals surface area contributed by atoms with Gasteiger partial charge in [0.1, 0.15) is 0 Å². The third-order valence-electron chi connectivity index (χ3n) is 4.43. The van der Waals surface area contributed by atoms with Gasteiger partial charge in [0.2, 0.25) is 11.7 Å². The summed E-state index contributed by atoms with van der Waals surface area (Å²) in [5.74, 6) is 0.682. The van der Waals surface area contributed by atoms with Gasteiger partial charge in [0.25, 0.3) is 5.91 Å². The van der Waals surface area contributed by atoms with E-state index in [4.69, 9.17) is 4.42 Å². The van der Waals surface area contributed by atoms with Crippen molar-refractivity contribution < 1.29 is 9.21 Å². The first-order valence-electron chi connectivity index (χ1n) is 8.42. The van der Waals surface area contributed by atoms with Crippen LogP contribution in [0.15, 0.2) is 71.3 Å². The highest BCUT2D eigenvalue weighted by Crippen LogP contribution is 2.21. The molecular weight excluding hydrogens is 314 g/mol. The van der Waals surface area contributed by atoms with E-state index in [2.05, 4.69) is 22.0 Å². The first-order valence-corrected chi connectivity index (χ1v) is 8.42. The maximum atomic E-state index is 12.7. The van der Waals surface area contributed by atoms with Crippen molar-refractivity contribution >= 4 is 11.6 Å². The van der Waals surface area contributed by atoms with E-state index in [-0.39, 0.29) is 5.91 Å². The van der Waals surface area contributed by atoms with Gasteiger partial charge < -0.3 is 14.2 Å². The summed E-state index contributed by atoms with van der Waals surface area (Å²) < 4.78 is 5.68. The Morgan fingerprint density at radius 2 is 1.52 bits per heavy atom. The number of para-hydroxylation sites is 1. The molecule has 1 aromatic heterocycles. The molecule has 0 spiro atoms. The van der Waals surface area contributed by atoms with Crippen LogP contribution in [0.2, 0.25) is 0 Å². The van der Waals surface area contributed by atoms with Crippen LogP contribution in [0.5, 0.6) is 0 Å². The fraction of sp³-hybridized carbons (Fsp3) is 0.200. The maximum absolute atomic E-state index is 12.7. The van der Waals surface area contributed by atoms with Crippen molar-refractivity contribution in [2.24, 2.45) is 0 Å². The molecule has 5 nitrogen and oxygen atoms in total. The Bertz CT molecular complexity index is 838. The lowest BCUT2D eigenvalue weighted by molar-refractivity contribution is 0.0715. The number of benzene rings is 2. The van der Waals surface area contributed by atoms with Crippen molar-refractivity contribution in [2.75, 3.05) is 31.1 Å². The number of aromatic nitrogens is 1. The molecule has 2 aromatic carbocycles. The molecule has 0 N–H and O–H groups in total. The minimum absolute atomic E-state index is 0.0950. The van der Waals surface area contributed by atoms with Crippen LogP contribution in [0, 0.1) is 0 Å². The Labute approximate surface area is 146 Å². The number of carbonyl (C=O) groups is 1. The second-order valence-electron chi connectivity index (χ2n) is 6.01. The summed E-state index contributed by atoms with van der Waals surface area (Å²) in [5.41, 5.74) is 2.07. The van der Waals surface area contributed by atoms with Crippen molar-refractivity contribution in [1.29, 1.82) is 0 Å². The molecule has 3 aromatic rings. The molecule has 1 fully saturated rings. The molecule has 2 heterocycles. The van der Waals surface area contributed by atoms with E-state index in [0.29, 0.717) is 24.7 Å². The number of amides is 1. The first-order chi connectivity index (χ1) is 12.3. The van der Waals surface area contributed by atoms with Crippen LogP contribution in [0.3, 0.4) is 0 Å². The van der Waals surface area contributed by atoms with Crippen molar-refractivity contribution in [2.45, 2.75) is 0 Å². The number of hydrogen-bond donors (Lipinski definition) is 0. The van der Waals surface area contributed by atoms with Crippen LogP contribution in [0.4, 0.5) is 5.69 Å². The highest BCUT2D eigenvalue weighted by molar-refractivity contribution is 5.91. The fourth-order valence-electron chi connectivity index (χ4n) is 3.05. The molecule has 1 aliphatic heterocycles. The molecule has 0 atom stereocenters. The van der Waals surface area contributed by atoms with Gasteiger partial charge in [-0.05, 0) is 24.3 Å². The van der Waals surface area contributed by atoms with Gasteiger partial charge in [-0.15, -0.1) is 0 Å². The molecule has 126 valence electrons. The molecule has 0 radical (unpaired) electrons. The summed E-state index contributed by atoms with van der Waals surface area (Å²) in [5, 5.41) is 0. The van der Waals surface area contributed by atoms with Gasteiger partial charge in [-0.2, -0.15) is 0 Å². The molecule has 1 aliphatic rings. The Morgan fingerprint density at radius 1 is 0.880 bits per heavy atom. The number of anilines is 1. The quantitative estimate of drug-likeness (QED) is 0.738. The van der Waals surface area contributed by atoms with Gasteiger partial charge in [0.15, 0.2) is 0 Å². The first kappa shape index (κ1) is 15.4. The molecule has 1 saturated heterocycles. The van der Waals surface area contributed by atoms with Crippen molar-refractivity contribution in [1.82, 2.24) is 9.88 Å². The Balaban J connectivity index is 1.42. The fourth-order valence-corrected chi connectivity index (χ4v) is 3.05. The zero-order chi connectivity index (χ0) is 17.1. The van der Waals surface area contributed by atoms with E-state index < -0.39 is 0 Å². The van der Waals surface area contributed by atoms with Crippen LogP contribution in [-0.2, 0) is 0 Å². The third kappa shape index (κ3) is 3.26. The minimum Gasteiger partial charge on any atom is -0.431 e. The number of hydrogen-bond acceptors (Lipinski definition) is 4. The largest absolute Gasteiger partial charge is 0.431 e. The lowest BCUT2D eigenvalue weighted by Gasteiger charge is -2.35. The van der Waals surface area contributed by atoms with E-state index in [1.54, 1.807) is 0 Å². The van der Waals surface area contributed by atoms with E-state index in [1.807, 2.05) is 53.4 Å². The van der Waals surface area contributed by atoms with Gasteiger partial charge >= 0.3 is 0 Å². The second kappa shape index (κ2) is 6.81. The second-order valence-corrected chi connectivity index (χ2v) is 6.01. The van der Waals surface area contributed by atoms with E-state index in [0.717, 1.165) is 18.7 Å². The van der Waals surface area contributed by atoms with Gasteiger partial charge in [-0.3, -0.25) is 4.79 Å². The molecule has 0 aliphatic carbocycles. The van der Waals surface area contributed by atoms with E-state index in [1.165, 1.54) is 11.9 Å². The van der Waals surface area contributed by atoms with Crippen LogP contribution in [0.1, 0.15) is 10.6 Å². The molecule has 4 rings (SSSR count). The molecule has 0 bridgehead atoms. The highest BCUT2D eigenvalue weighted by atomic mass is 16.4. The van der Waals surface area contributed by atoms with Gasteiger partial charge in [-0.1, -0.05) is 36.4 Å². The zero-order valence-electron chi connectivity index (χ0n) is 13.8. The average Bonchev–Trinajstić information content (AvgIpc) is 3.19. The minimum atomic E-state index is -0.0950. The maximum Gasteiger partial charge on any atom is 0.291 e. The molecule has 0 saturated carbocycles. The summed E-state index contributed by atoms with van der Waals surface area (Å²) >= 11 is 0. The van der Waals surface area contributed by atoms with Crippen LogP contribution in [-0.4, -0.2) is 42.0 Å². The summed E-state index contributed by atoms with van der Waals surface area (Å²) in [6.45, 7) is 2.98. The van der Waals surface area contributed by atoms with Gasteiger partial charge in [-0.25, -0.2) is 4.98 Å². The molecule has 5 heteroatoms. The van der Waals surface area contributed by atoms with Crippen LogP contribution >= 0.6 is 0 Å². The van der Waals surface area contributed by atoms with Crippen LogP contribution < -0.4 is 4.90 Å². The number of oxazole rings is 1. The summed E-state index contributed by atoms with van der Waals surface area (Å²) in [6, 6.07) is 19.9. The SMILES string of the molecule is O=C(c1cnc(-c2ccccc2)o1)N1CCN(c2ccccc2)CC1.